The largest absolute Gasteiger partial charge is 0.474 e. The SMILES string of the molecule is Cc1cc2c(c(NC(=O)NS(=O)(=O)C3CC(=C(F)F)C3)c1-c1ccnc(OC3CCN(C)CC3)c1)CCC2. The van der Waals surface area contributed by atoms with Crippen LogP contribution in [0.1, 0.15) is 48.8 Å². The summed E-state index contributed by atoms with van der Waals surface area (Å²) in [5.41, 5.74) is 4.99. The molecule has 0 spiro atoms. The Kier molecular flexibility index (Phi) is 7.41. The van der Waals surface area contributed by atoms with E-state index in [-0.39, 0.29) is 24.5 Å². The minimum absolute atomic E-state index is 0.0800. The van der Waals surface area contributed by atoms with Gasteiger partial charge in [-0.2, -0.15) is 8.78 Å². The topological polar surface area (TPSA) is 101 Å². The van der Waals surface area contributed by atoms with Crippen molar-refractivity contribution in [3.63, 3.8) is 0 Å². The van der Waals surface area contributed by atoms with Crippen LogP contribution in [0.4, 0.5) is 19.3 Å². The van der Waals surface area contributed by atoms with Crippen molar-refractivity contribution < 1.29 is 26.7 Å². The van der Waals surface area contributed by atoms with E-state index in [4.69, 9.17) is 4.74 Å². The number of likely N-dealkylation sites (tertiary alicyclic amines) is 1. The number of carbonyl (C=O) groups is 1. The molecule has 3 aliphatic rings. The number of urea groups is 1. The van der Waals surface area contributed by atoms with Crippen LogP contribution in [-0.4, -0.2) is 55.8 Å². The van der Waals surface area contributed by atoms with Crippen molar-refractivity contribution in [1.29, 1.82) is 0 Å². The molecule has 11 heteroatoms. The molecule has 2 aliphatic carbocycles. The lowest BCUT2D eigenvalue weighted by Gasteiger charge is -2.29. The number of fused-ring (bicyclic) bond motifs is 1. The summed E-state index contributed by atoms with van der Waals surface area (Å²) in [7, 11) is -2.01. The summed E-state index contributed by atoms with van der Waals surface area (Å²) in [6.45, 7) is 3.88. The van der Waals surface area contributed by atoms with Gasteiger partial charge < -0.3 is 15.0 Å². The molecule has 2 N–H and O–H groups in total. The second-order valence-electron chi connectivity index (χ2n) is 10.4. The van der Waals surface area contributed by atoms with Gasteiger partial charge in [0.05, 0.1) is 10.9 Å². The van der Waals surface area contributed by atoms with Crippen LogP contribution in [0.2, 0.25) is 0 Å². The summed E-state index contributed by atoms with van der Waals surface area (Å²) in [4.78, 5) is 19.6. The number of carbonyl (C=O) groups excluding carboxylic acids is 1. The number of halogens is 2. The number of allylic oxidation sites excluding steroid dienone is 1. The Morgan fingerprint density at radius 2 is 1.89 bits per heavy atom. The number of benzene rings is 1. The molecule has 204 valence electrons. The third-order valence-corrected chi connectivity index (χ3v) is 9.38. The third kappa shape index (κ3) is 5.54. The Labute approximate surface area is 221 Å². The van der Waals surface area contributed by atoms with Crippen molar-refractivity contribution in [2.45, 2.75) is 63.2 Å². The Morgan fingerprint density at radius 3 is 2.61 bits per heavy atom. The number of hydrogen-bond acceptors (Lipinski definition) is 6. The van der Waals surface area contributed by atoms with E-state index >= 15 is 0 Å². The van der Waals surface area contributed by atoms with Crippen LogP contribution in [0.25, 0.3) is 11.1 Å². The van der Waals surface area contributed by atoms with Gasteiger partial charge in [0, 0.05) is 30.9 Å². The molecule has 5 rings (SSSR count). The smallest absolute Gasteiger partial charge is 0.332 e. The van der Waals surface area contributed by atoms with Gasteiger partial charge in [-0.1, -0.05) is 6.07 Å². The summed E-state index contributed by atoms with van der Waals surface area (Å²) in [6, 6.07) is 4.92. The number of nitrogens with one attached hydrogen (secondary N) is 2. The zero-order valence-corrected chi connectivity index (χ0v) is 22.3. The molecule has 0 unspecified atom stereocenters. The Hall–Kier alpha value is -3.05. The molecule has 1 saturated heterocycles. The molecule has 1 saturated carbocycles. The average Bonchev–Trinajstić information content (AvgIpc) is 3.27. The lowest BCUT2D eigenvalue weighted by atomic mass is 9.93. The number of amides is 2. The van der Waals surface area contributed by atoms with Gasteiger partial charge >= 0.3 is 6.03 Å². The zero-order chi connectivity index (χ0) is 27.0. The van der Waals surface area contributed by atoms with Crippen LogP contribution in [0.5, 0.6) is 5.88 Å². The van der Waals surface area contributed by atoms with Crippen LogP contribution >= 0.6 is 0 Å². The van der Waals surface area contributed by atoms with Crippen molar-refractivity contribution in [2.24, 2.45) is 0 Å². The van der Waals surface area contributed by atoms with Crippen LogP contribution < -0.4 is 14.8 Å². The first-order valence-corrected chi connectivity index (χ1v) is 14.5. The van der Waals surface area contributed by atoms with E-state index in [1.165, 1.54) is 0 Å². The number of hydrogen-bond donors (Lipinski definition) is 2. The number of piperidine rings is 1. The predicted octanol–water partition coefficient (Wildman–Crippen LogP) is 4.78. The number of rotatable bonds is 6. The Balaban J connectivity index is 1.40. The molecule has 2 fully saturated rings. The third-order valence-electron chi connectivity index (χ3n) is 7.70. The van der Waals surface area contributed by atoms with Crippen LogP contribution in [-0.2, 0) is 22.9 Å². The normalized spacial score (nSPS) is 20.0. The molecule has 8 nitrogen and oxygen atoms in total. The minimum atomic E-state index is -4.10. The molecule has 0 atom stereocenters. The quantitative estimate of drug-likeness (QED) is 0.541. The fourth-order valence-electron chi connectivity index (χ4n) is 5.52. The molecule has 1 aromatic heterocycles. The molecular weight excluding hydrogens is 514 g/mol. The van der Waals surface area contributed by atoms with Gasteiger partial charge in [-0.15, -0.1) is 0 Å². The summed E-state index contributed by atoms with van der Waals surface area (Å²) < 4.78 is 58.9. The fourth-order valence-corrected chi connectivity index (χ4v) is 6.84. The molecule has 1 aliphatic heterocycles. The number of pyridine rings is 1. The van der Waals surface area contributed by atoms with Crippen molar-refractivity contribution >= 4 is 21.7 Å². The number of sulfonamides is 1. The van der Waals surface area contributed by atoms with E-state index in [9.17, 15) is 22.0 Å². The van der Waals surface area contributed by atoms with E-state index in [1.807, 2.05) is 23.8 Å². The van der Waals surface area contributed by atoms with Gasteiger partial charge in [0.25, 0.3) is 6.08 Å². The van der Waals surface area contributed by atoms with E-state index < -0.39 is 27.4 Å². The lowest BCUT2D eigenvalue weighted by molar-refractivity contribution is 0.110. The Bertz CT molecular complexity index is 1380. The number of aromatic nitrogens is 1. The number of ether oxygens (including phenoxy) is 1. The van der Waals surface area contributed by atoms with Gasteiger partial charge in [-0.25, -0.2) is 22.9 Å². The predicted molar refractivity (Wildman–Crippen MR) is 141 cm³/mol. The van der Waals surface area contributed by atoms with Gasteiger partial charge in [-0.05, 0) is 92.8 Å². The first kappa shape index (κ1) is 26.6. The number of aryl methyl sites for hydroxylation is 2. The standard InChI is InChI=1S/C27H32F2N4O4S/c1-16-12-17-4-3-5-22(17)25(31-27(34)32-38(35,36)21-13-19(14-21)26(28)29)24(16)18-6-9-30-23(15-18)37-20-7-10-33(2)11-8-20/h6,9,12,15,20-21H,3-5,7-8,10-11,13-14H2,1-2H3,(H2,31,32,34). The van der Waals surface area contributed by atoms with Gasteiger partial charge in [-0.3, -0.25) is 0 Å². The molecule has 1 aromatic carbocycles. The maximum Gasteiger partial charge on any atom is 0.332 e. The summed E-state index contributed by atoms with van der Waals surface area (Å²) >= 11 is 0. The zero-order valence-electron chi connectivity index (χ0n) is 21.5. The molecule has 2 aromatic rings. The highest BCUT2D eigenvalue weighted by Gasteiger charge is 2.38. The fraction of sp³-hybridized carbons (Fsp3) is 0.481. The van der Waals surface area contributed by atoms with E-state index in [1.54, 1.807) is 6.20 Å². The van der Waals surface area contributed by atoms with Gasteiger partial charge in [0.1, 0.15) is 6.10 Å². The van der Waals surface area contributed by atoms with E-state index in [0.717, 1.165) is 73.0 Å². The van der Waals surface area contributed by atoms with Crippen LogP contribution in [0, 0.1) is 6.92 Å². The van der Waals surface area contributed by atoms with E-state index in [0.29, 0.717) is 11.6 Å². The summed E-state index contributed by atoms with van der Waals surface area (Å²) in [5, 5.41) is 1.74. The lowest BCUT2D eigenvalue weighted by Crippen LogP contribution is -2.44. The monoisotopic (exact) mass is 546 g/mol. The maximum atomic E-state index is 12.9. The van der Waals surface area contributed by atoms with Crippen molar-refractivity contribution in [1.82, 2.24) is 14.6 Å². The average molecular weight is 547 g/mol. The first-order chi connectivity index (χ1) is 18.1. The second-order valence-corrected chi connectivity index (χ2v) is 12.4. The number of nitrogens with zero attached hydrogens (tertiary/aromatic N) is 2. The van der Waals surface area contributed by atoms with E-state index in [2.05, 4.69) is 28.3 Å². The molecule has 0 bridgehead atoms. The first-order valence-electron chi connectivity index (χ1n) is 12.9. The van der Waals surface area contributed by atoms with Crippen LogP contribution in [0.3, 0.4) is 0 Å². The Morgan fingerprint density at radius 1 is 1.16 bits per heavy atom. The van der Waals surface area contributed by atoms with Gasteiger partial charge in [0.2, 0.25) is 15.9 Å². The van der Waals surface area contributed by atoms with Crippen LogP contribution in [0.15, 0.2) is 36.0 Å². The van der Waals surface area contributed by atoms with Gasteiger partial charge in [0.15, 0.2) is 0 Å². The van der Waals surface area contributed by atoms with Crippen molar-refractivity contribution in [3.05, 3.63) is 52.7 Å². The van der Waals surface area contributed by atoms with Crippen molar-refractivity contribution in [2.75, 3.05) is 25.5 Å². The summed E-state index contributed by atoms with van der Waals surface area (Å²) in [5.74, 6) is 0.504. The number of anilines is 1. The highest BCUT2D eigenvalue weighted by atomic mass is 32.2. The highest BCUT2D eigenvalue weighted by molar-refractivity contribution is 7.90. The molecular formula is C27H32F2N4O4S. The molecule has 2 heterocycles. The molecule has 38 heavy (non-hydrogen) atoms. The second kappa shape index (κ2) is 10.6. The maximum absolute atomic E-state index is 12.9. The molecule has 2 amide bonds. The molecule has 0 radical (unpaired) electrons. The van der Waals surface area contributed by atoms with Crippen molar-refractivity contribution in [3.8, 4) is 17.0 Å². The highest BCUT2D eigenvalue weighted by Crippen LogP contribution is 2.41. The minimum Gasteiger partial charge on any atom is -0.474 e. The summed E-state index contributed by atoms with van der Waals surface area (Å²) in [6.07, 6.45) is 3.75.